The lowest BCUT2D eigenvalue weighted by Crippen LogP contribution is -2.37. The fourth-order valence-corrected chi connectivity index (χ4v) is 3.22. The molecule has 0 bridgehead atoms. The standard InChI is InChI=1S/C19H26N2O2/c1-13(2)12-21-15-3-5-16(6-4-15)23-17-7-8-18-14(11-17)9-10-20-19(18)22/h7-11,13,15-16,21H,3-6,12H2,1-2H3,(H,20,22)/t15-,16-. The number of hydrogen-bond acceptors (Lipinski definition) is 3. The molecule has 1 heterocycles. The van der Waals surface area contributed by atoms with Gasteiger partial charge in [-0.15, -0.1) is 0 Å². The van der Waals surface area contributed by atoms with E-state index >= 15 is 0 Å². The first-order valence-corrected chi connectivity index (χ1v) is 8.63. The molecule has 0 unspecified atom stereocenters. The lowest BCUT2D eigenvalue weighted by Gasteiger charge is -2.30. The number of hydrogen-bond donors (Lipinski definition) is 2. The first-order valence-electron chi connectivity index (χ1n) is 8.63. The van der Waals surface area contributed by atoms with E-state index in [-0.39, 0.29) is 11.7 Å². The molecule has 1 aromatic heterocycles. The molecule has 2 N–H and O–H groups in total. The Morgan fingerprint density at radius 1 is 1.22 bits per heavy atom. The molecular weight excluding hydrogens is 288 g/mol. The van der Waals surface area contributed by atoms with E-state index in [0.29, 0.717) is 17.3 Å². The van der Waals surface area contributed by atoms with Gasteiger partial charge in [0.25, 0.3) is 5.56 Å². The fourth-order valence-electron chi connectivity index (χ4n) is 3.22. The number of H-pyrrole nitrogens is 1. The van der Waals surface area contributed by atoms with Crippen molar-refractivity contribution in [3.05, 3.63) is 40.8 Å². The Balaban J connectivity index is 1.57. The summed E-state index contributed by atoms with van der Waals surface area (Å²) in [6, 6.07) is 8.26. The number of fused-ring (bicyclic) bond motifs is 1. The monoisotopic (exact) mass is 314 g/mol. The summed E-state index contributed by atoms with van der Waals surface area (Å²) >= 11 is 0. The summed E-state index contributed by atoms with van der Waals surface area (Å²) in [5.41, 5.74) is -0.0502. The van der Waals surface area contributed by atoms with Crippen molar-refractivity contribution in [3.63, 3.8) is 0 Å². The molecule has 1 aliphatic carbocycles. The third-order valence-electron chi connectivity index (χ3n) is 4.54. The van der Waals surface area contributed by atoms with Crippen LogP contribution in [0.4, 0.5) is 0 Å². The van der Waals surface area contributed by atoms with E-state index in [4.69, 9.17) is 4.74 Å². The fraction of sp³-hybridized carbons (Fsp3) is 0.526. The Kier molecular flexibility index (Phi) is 5.01. The Morgan fingerprint density at radius 3 is 2.74 bits per heavy atom. The predicted molar refractivity (Wildman–Crippen MR) is 94.1 cm³/mol. The molecule has 1 aromatic carbocycles. The molecule has 0 atom stereocenters. The molecule has 124 valence electrons. The van der Waals surface area contributed by atoms with Crippen molar-refractivity contribution in [3.8, 4) is 5.75 Å². The number of pyridine rings is 1. The largest absolute Gasteiger partial charge is 0.490 e. The van der Waals surface area contributed by atoms with Gasteiger partial charge in [0.2, 0.25) is 0 Å². The smallest absolute Gasteiger partial charge is 0.255 e. The summed E-state index contributed by atoms with van der Waals surface area (Å²) in [6.45, 7) is 5.58. The first kappa shape index (κ1) is 16.1. The van der Waals surface area contributed by atoms with E-state index in [1.165, 1.54) is 12.8 Å². The van der Waals surface area contributed by atoms with Gasteiger partial charge in [-0.3, -0.25) is 4.79 Å². The zero-order chi connectivity index (χ0) is 16.2. The molecule has 0 amide bonds. The molecule has 3 rings (SSSR count). The number of benzene rings is 1. The van der Waals surface area contributed by atoms with E-state index in [2.05, 4.69) is 24.1 Å². The topological polar surface area (TPSA) is 54.1 Å². The van der Waals surface area contributed by atoms with Crippen LogP contribution in [0.15, 0.2) is 35.3 Å². The zero-order valence-corrected chi connectivity index (χ0v) is 14.0. The van der Waals surface area contributed by atoms with Crippen molar-refractivity contribution < 1.29 is 4.74 Å². The maximum Gasteiger partial charge on any atom is 0.255 e. The minimum absolute atomic E-state index is 0.0502. The van der Waals surface area contributed by atoms with Crippen LogP contribution in [0.25, 0.3) is 10.8 Å². The highest BCUT2D eigenvalue weighted by Gasteiger charge is 2.22. The molecule has 1 saturated carbocycles. The molecule has 1 fully saturated rings. The predicted octanol–water partition coefficient (Wildman–Crippen LogP) is 3.46. The van der Waals surface area contributed by atoms with Crippen LogP contribution in [0.3, 0.4) is 0 Å². The van der Waals surface area contributed by atoms with E-state index in [9.17, 15) is 4.79 Å². The van der Waals surface area contributed by atoms with Crippen LogP contribution < -0.4 is 15.6 Å². The quantitative estimate of drug-likeness (QED) is 0.888. The SMILES string of the molecule is CC(C)CN[C@H]1CC[C@H](Oc2ccc3c(=O)[nH]ccc3c2)CC1. The van der Waals surface area contributed by atoms with Gasteiger partial charge in [0.05, 0.1) is 6.10 Å². The molecular formula is C19H26N2O2. The molecule has 2 aromatic rings. The third-order valence-corrected chi connectivity index (χ3v) is 4.54. The zero-order valence-electron chi connectivity index (χ0n) is 14.0. The number of aromatic nitrogens is 1. The number of aromatic amines is 1. The second-order valence-electron chi connectivity index (χ2n) is 6.95. The second kappa shape index (κ2) is 7.18. The summed E-state index contributed by atoms with van der Waals surface area (Å²) in [5.74, 6) is 1.56. The Morgan fingerprint density at radius 2 is 2.00 bits per heavy atom. The lowest BCUT2D eigenvalue weighted by molar-refractivity contribution is 0.139. The van der Waals surface area contributed by atoms with Crippen molar-refractivity contribution >= 4 is 10.8 Å². The van der Waals surface area contributed by atoms with Gasteiger partial charge in [0.15, 0.2) is 0 Å². The normalized spacial score (nSPS) is 21.7. The molecule has 0 saturated heterocycles. The number of ether oxygens (including phenoxy) is 1. The first-order chi connectivity index (χ1) is 11.1. The number of nitrogens with one attached hydrogen (secondary N) is 2. The van der Waals surface area contributed by atoms with Crippen LogP contribution in [-0.4, -0.2) is 23.7 Å². The molecule has 0 radical (unpaired) electrons. The van der Waals surface area contributed by atoms with E-state index in [1.54, 1.807) is 6.20 Å². The average molecular weight is 314 g/mol. The van der Waals surface area contributed by atoms with Gasteiger partial charge in [-0.2, -0.15) is 0 Å². The van der Waals surface area contributed by atoms with E-state index in [0.717, 1.165) is 30.5 Å². The maximum absolute atomic E-state index is 11.7. The lowest BCUT2D eigenvalue weighted by atomic mass is 9.92. The van der Waals surface area contributed by atoms with Gasteiger partial charge < -0.3 is 15.0 Å². The van der Waals surface area contributed by atoms with Crippen LogP contribution in [0.5, 0.6) is 5.75 Å². The van der Waals surface area contributed by atoms with Gasteiger partial charge in [-0.25, -0.2) is 0 Å². The summed E-state index contributed by atoms with van der Waals surface area (Å²) in [5, 5.41) is 5.28. The van der Waals surface area contributed by atoms with Crippen molar-refractivity contribution in [2.75, 3.05) is 6.54 Å². The molecule has 0 aliphatic heterocycles. The second-order valence-corrected chi connectivity index (χ2v) is 6.95. The number of rotatable bonds is 5. The van der Waals surface area contributed by atoms with E-state index in [1.807, 2.05) is 24.3 Å². The maximum atomic E-state index is 11.7. The van der Waals surface area contributed by atoms with Crippen LogP contribution in [0.2, 0.25) is 0 Å². The third kappa shape index (κ3) is 4.14. The van der Waals surface area contributed by atoms with Crippen molar-refractivity contribution in [2.45, 2.75) is 51.7 Å². The van der Waals surface area contributed by atoms with Crippen LogP contribution in [0, 0.1) is 5.92 Å². The Bertz CT molecular complexity index is 700. The van der Waals surface area contributed by atoms with Gasteiger partial charge in [-0.05, 0) is 67.8 Å². The van der Waals surface area contributed by atoms with Gasteiger partial charge in [0, 0.05) is 17.6 Å². The highest BCUT2D eigenvalue weighted by Crippen LogP contribution is 2.25. The molecule has 1 aliphatic rings. The summed E-state index contributed by atoms with van der Waals surface area (Å²) in [7, 11) is 0. The molecule has 23 heavy (non-hydrogen) atoms. The summed E-state index contributed by atoms with van der Waals surface area (Å²) in [4.78, 5) is 14.4. The minimum Gasteiger partial charge on any atom is -0.490 e. The minimum atomic E-state index is -0.0502. The van der Waals surface area contributed by atoms with Crippen LogP contribution >= 0.6 is 0 Å². The summed E-state index contributed by atoms with van der Waals surface area (Å²) < 4.78 is 6.14. The molecule has 4 nitrogen and oxygen atoms in total. The van der Waals surface area contributed by atoms with Crippen molar-refractivity contribution in [1.82, 2.24) is 10.3 Å². The van der Waals surface area contributed by atoms with Crippen molar-refractivity contribution in [2.24, 2.45) is 5.92 Å². The molecule has 4 heteroatoms. The van der Waals surface area contributed by atoms with Gasteiger partial charge in [-0.1, -0.05) is 13.8 Å². The highest BCUT2D eigenvalue weighted by atomic mass is 16.5. The Hall–Kier alpha value is -1.81. The van der Waals surface area contributed by atoms with E-state index < -0.39 is 0 Å². The van der Waals surface area contributed by atoms with Gasteiger partial charge in [0.1, 0.15) is 5.75 Å². The Labute approximate surface area is 137 Å². The molecule has 0 spiro atoms. The summed E-state index contributed by atoms with van der Waals surface area (Å²) in [6.07, 6.45) is 6.48. The van der Waals surface area contributed by atoms with Crippen molar-refractivity contribution in [1.29, 1.82) is 0 Å². The van der Waals surface area contributed by atoms with Crippen LogP contribution in [0.1, 0.15) is 39.5 Å². The van der Waals surface area contributed by atoms with Gasteiger partial charge >= 0.3 is 0 Å². The average Bonchev–Trinajstić information content (AvgIpc) is 2.54. The van der Waals surface area contributed by atoms with Crippen LogP contribution in [-0.2, 0) is 0 Å². The highest BCUT2D eigenvalue weighted by molar-refractivity contribution is 5.82.